The summed E-state index contributed by atoms with van der Waals surface area (Å²) in [6.45, 7) is 4.62. The van der Waals surface area contributed by atoms with Gasteiger partial charge < -0.3 is 5.73 Å². The van der Waals surface area contributed by atoms with E-state index in [0.29, 0.717) is 11.5 Å². The summed E-state index contributed by atoms with van der Waals surface area (Å²) in [4.78, 5) is 0. The maximum absolute atomic E-state index is 6.22. The summed E-state index contributed by atoms with van der Waals surface area (Å²) in [5, 5.41) is 0. The van der Waals surface area contributed by atoms with Crippen molar-refractivity contribution in [3.63, 3.8) is 0 Å². The molecule has 0 aromatic heterocycles. The molecule has 15 heavy (non-hydrogen) atoms. The highest BCUT2D eigenvalue weighted by Gasteiger charge is 2.48. The van der Waals surface area contributed by atoms with E-state index < -0.39 is 0 Å². The van der Waals surface area contributed by atoms with Crippen molar-refractivity contribution in [1.29, 1.82) is 0 Å². The standard InChI is InChI=1S/C13H18IN/c1-13(2)8-11(13)12(15)7-9-3-5-10(14)6-4-9/h3-6,11-12H,7-8,15H2,1-2H3. The van der Waals surface area contributed by atoms with Crippen molar-refractivity contribution in [2.24, 2.45) is 17.1 Å². The van der Waals surface area contributed by atoms with Gasteiger partial charge in [-0.1, -0.05) is 26.0 Å². The van der Waals surface area contributed by atoms with E-state index in [0.717, 1.165) is 12.3 Å². The molecule has 0 spiro atoms. The Bertz CT molecular complexity index is 342. The number of nitrogens with two attached hydrogens (primary N) is 1. The van der Waals surface area contributed by atoms with Gasteiger partial charge in [0.05, 0.1) is 0 Å². The molecule has 2 unspecified atom stereocenters. The zero-order valence-corrected chi connectivity index (χ0v) is 11.5. The highest BCUT2D eigenvalue weighted by Crippen LogP contribution is 2.53. The molecule has 0 saturated heterocycles. The molecule has 1 aromatic rings. The lowest BCUT2D eigenvalue weighted by atomic mass is 9.98. The fourth-order valence-electron chi connectivity index (χ4n) is 2.27. The number of halogens is 1. The van der Waals surface area contributed by atoms with Crippen molar-refractivity contribution in [2.45, 2.75) is 32.7 Å². The van der Waals surface area contributed by atoms with Gasteiger partial charge in [-0.3, -0.25) is 0 Å². The Kier molecular flexibility index (Phi) is 3.08. The third kappa shape index (κ3) is 2.72. The number of rotatable bonds is 3. The zero-order chi connectivity index (χ0) is 11.1. The molecule has 2 rings (SSSR count). The average molecular weight is 315 g/mol. The molecule has 0 amide bonds. The summed E-state index contributed by atoms with van der Waals surface area (Å²) in [6.07, 6.45) is 2.31. The maximum atomic E-state index is 6.22. The second-order valence-corrected chi connectivity index (χ2v) is 6.54. The van der Waals surface area contributed by atoms with Crippen molar-refractivity contribution >= 4 is 22.6 Å². The number of benzene rings is 1. The van der Waals surface area contributed by atoms with Gasteiger partial charge in [0.15, 0.2) is 0 Å². The Morgan fingerprint density at radius 1 is 1.40 bits per heavy atom. The normalized spacial score (nSPS) is 24.9. The molecular weight excluding hydrogens is 297 g/mol. The van der Waals surface area contributed by atoms with E-state index in [9.17, 15) is 0 Å². The first-order valence-electron chi connectivity index (χ1n) is 5.49. The molecule has 1 fully saturated rings. The van der Waals surface area contributed by atoms with E-state index in [2.05, 4.69) is 60.7 Å². The largest absolute Gasteiger partial charge is 0.327 e. The van der Waals surface area contributed by atoms with Crippen LogP contribution in [0, 0.1) is 14.9 Å². The third-order valence-electron chi connectivity index (χ3n) is 3.49. The lowest BCUT2D eigenvalue weighted by Crippen LogP contribution is -2.27. The lowest BCUT2D eigenvalue weighted by Gasteiger charge is -2.13. The predicted octanol–water partition coefficient (Wildman–Crippen LogP) is 3.21. The van der Waals surface area contributed by atoms with Gasteiger partial charge in [0.25, 0.3) is 0 Å². The molecule has 2 N–H and O–H groups in total. The van der Waals surface area contributed by atoms with Crippen molar-refractivity contribution in [2.75, 3.05) is 0 Å². The van der Waals surface area contributed by atoms with Crippen LogP contribution in [0.3, 0.4) is 0 Å². The van der Waals surface area contributed by atoms with E-state index in [1.807, 2.05) is 0 Å². The first-order chi connectivity index (χ1) is 6.99. The second kappa shape index (κ2) is 4.06. The summed E-state index contributed by atoms with van der Waals surface area (Å²) in [6, 6.07) is 9.02. The van der Waals surface area contributed by atoms with E-state index in [-0.39, 0.29) is 0 Å². The number of hydrogen-bond acceptors (Lipinski definition) is 1. The van der Waals surface area contributed by atoms with Crippen molar-refractivity contribution < 1.29 is 0 Å². The highest BCUT2D eigenvalue weighted by molar-refractivity contribution is 14.1. The van der Waals surface area contributed by atoms with Crippen LogP contribution in [-0.4, -0.2) is 6.04 Å². The zero-order valence-electron chi connectivity index (χ0n) is 9.33. The summed E-state index contributed by atoms with van der Waals surface area (Å²) < 4.78 is 1.29. The van der Waals surface area contributed by atoms with Crippen LogP contribution in [0.25, 0.3) is 0 Å². The predicted molar refractivity (Wildman–Crippen MR) is 72.7 cm³/mol. The van der Waals surface area contributed by atoms with Gasteiger partial charge in [-0.15, -0.1) is 0 Å². The number of hydrogen-bond donors (Lipinski definition) is 1. The minimum absolute atomic E-state index is 0.333. The van der Waals surface area contributed by atoms with Crippen molar-refractivity contribution in [1.82, 2.24) is 0 Å². The molecule has 1 nitrogen and oxygen atoms in total. The molecule has 0 aliphatic heterocycles. The van der Waals surface area contributed by atoms with E-state index in [1.165, 1.54) is 15.6 Å². The van der Waals surface area contributed by atoms with Crippen molar-refractivity contribution in [3.8, 4) is 0 Å². The Morgan fingerprint density at radius 2 is 1.93 bits per heavy atom. The fraction of sp³-hybridized carbons (Fsp3) is 0.538. The van der Waals surface area contributed by atoms with Gasteiger partial charge >= 0.3 is 0 Å². The van der Waals surface area contributed by atoms with Crippen LogP contribution in [0.4, 0.5) is 0 Å². The van der Waals surface area contributed by atoms with Gasteiger partial charge in [-0.2, -0.15) is 0 Å². The molecule has 0 bridgehead atoms. The molecule has 2 heteroatoms. The highest BCUT2D eigenvalue weighted by atomic mass is 127. The van der Waals surface area contributed by atoms with E-state index >= 15 is 0 Å². The molecular formula is C13H18IN. The molecule has 0 radical (unpaired) electrons. The lowest BCUT2D eigenvalue weighted by molar-refractivity contribution is 0.476. The molecule has 1 aliphatic rings. The van der Waals surface area contributed by atoms with E-state index in [1.54, 1.807) is 0 Å². The summed E-state index contributed by atoms with van der Waals surface area (Å²) in [7, 11) is 0. The molecule has 1 aliphatic carbocycles. The smallest absolute Gasteiger partial charge is 0.0130 e. The van der Waals surface area contributed by atoms with Crippen LogP contribution in [0.5, 0.6) is 0 Å². The molecule has 2 atom stereocenters. The van der Waals surface area contributed by atoms with Gasteiger partial charge in [-0.25, -0.2) is 0 Å². The summed E-state index contributed by atoms with van der Waals surface area (Å²) >= 11 is 2.33. The maximum Gasteiger partial charge on any atom is 0.0130 e. The van der Waals surface area contributed by atoms with Crippen LogP contribution in [0.1, 0.15) is 25.8 Å². The third-order valence-corrected chi connectivity index (χ3v) is 4.21. The first kappa shape index (κ1) is 11.4. The van der Waals surface area contributed by atoms with Crippen LogP contribution in [-0.2, 0) is 6.42 Å². The minimum atomic E-state index is 0.333. The topological polar surface area (TPSA) is 26.0 Å². The SMILES string of the molecule is CC1(C)CC1C(N)Cc1ccc(I)cc1. The Morgan fingerprint density at radius 3 is 2.40 bits per heavy atom. The van der Waals surface area contributed by atoms with Crippen LogP contribution < -0.4 is 5.73 Å². The van der Waals surface area contributed by atoms with Crippen LogP contribution in [0.15, 0.2) is 24.3 Å². The molecule has 1 aromatic carbocycles. The average Bonchev–Trinajstić information content (AvgIpc) is 2.79. The fourth-order valence-corrected chi connectivity index (χ4v) is 2.63. The molecule has 1 saturated carbocycles. The Hall–Kier alpha value is -0.0900. The van der Waals surface area contributed by atoms with Gasteiger partial charge in [0.1, 0.15) is 0 Å². The first-order valence-corrected chi connectivity index (χ1v) is 6.57. The van der Waals surface area contributed by atoms with Gasteiger partial charge in [0.2, 0.25) is 0 Å². The van der Waals surface area contributed by atoms with Crippen LogP contribution >= 0.6 is 22.6 Å². The minimum Gasteiger partial charge on any atom is -0.327 e. The van der Waals surface area contributed by atoms with Gasteiger partial charge in [-0.05, 0) is 64.5 Å². The molecule has 0 heterocycles. The van der Waals surface area contributed by atoms with E-state index in [4.69, 9.17) is 5.73 Å². The second-order valence-electron chi connectivity index (χ2n) is 5.29. The summed E-state index contributed by atoms with van der Waals surface area (Å²) in [5.74, 6) is 0.719. The van der Waals surface area contributed by atoms with Gasteiger partial charge in [0, 0.05) is 9.61 Å². The quantitative estimate of drug-likeness (QED) is 0.852. The monoisotopic (exact) mass is 315 g/mol. The molecule has 82 valence electrons. The van der Waals surface area contributed by atoms with Crippen molar-refractivity contribution in [3.05, 3.63) is 33.4 Å². The summed E-state index contributed by atoms with van der Waals surface area (Å²) in [5.41, 5.74) is 8.08. The Labute approximate surface area is 106 Å². The Balaban J connectivity index is 1.95. The van der Waals surface area contributed by atoms with Crippen LogP contribution in [0.2, 0.25) is 0 Å².